The third-order valence-electron chi connectivity index (χ3n) is 8.05. The molecule has 0 atom stereocenters. The van der Waals surface area contributed by atoms with E-state index in [1.807, 2.05) is 48.8 Å². The van der Waals surface area contributed by atoms with Gasteiger partial charge < -0.3 is 10.3 Å². The Labute approximate surface area is 244 Å². The summed E-state index contributed by atoms with van der Waals surface area (Å²) in [6, 6.07) is 14.5. The van der Waals surface area contributed by atoms with E-state index in [0.29, 0.717) is 11.5 Å². The van der Waals surface area contributed by atoms with Crippen LogP contribution in [0.15, 0.2) is 79.3 Å². The lowest BCUT2D eigenvalue weighted by Gasteiger charge is -2.22. The number of aromatic nitrogens is 5. The highest BCUT2D eigenvalue weighted by Gasteiger charge is 2.15. The van der Waals surface area contributed by atoms with Gasteiger partial charge in [0, 0.05) is 22.7 Å². The van der Waals surface area contributed by atoms with Crippen LogP contribution in [0, 0.1) is 11.7 Å². The van der Waals surface area contributed by atoms with Crippen molar-refractivity contribution in [2.24, 2.45) is 5.92 Å². The number of nitrogens with one attached hydrogen (secondary N) is 3. The number of fused-ring (bicyclic) bond motifs is 1. The number of nitrogens with zero attached hydrogens (tertiary/aromatic N) is 3. The van der Waals surface area contributed by atoms with E-state index in [4.69, 9.17) is 4.98 Å². The molecule has 0 aliphatic heterocycles. The lowest BCUT2D eigenvalue weighted by atomic mass is 9.86. The monoisotopic (exact) mass is 558 g/mol. The molecule has 2 aromatic carbocycles. The molecule has 7 heteroatoms. The molecule has 5 aromatic rings. The van der Waals surface area contributed by atoms with Gasteiger partial charge in [-0.05, 0) is 66.3 Å². The Morgan fingerprint density at radius 2 is 1.93 bits per heavy atom. The van der Waals surface area contributed by atoms with Crippen LogP contribution in [-0.4, -0.2) is 25.1 Å². The molecule has 0 radical (unpaired) electrons. The van der Waals surface area contributed by atoms with Gasteiger partial charge in [-0.1, -0.05) is 75.6 Å². The molecule has 212 valence electrons. The number of benzene rings is 2. The van der Waals surface area contributed by atoms with Gasteiger partial charge in [0.15, 0.2) is 5.82 Å². The Hall–Kier alpha value is -4.78. The number of hydrogen-bond acceptors (Lipinski definition) is 4. The number of hydrogen-bond donors (Lipinski definition) is 3. The maximum absolute atomic E-state index is 13.9. The van der Waals surface area contributed by atoms with Crippen molar-refractivity contribution < 1.29 is 4.39 Å². The summed E-state index contributed by atoms with van der Waals surface area (Å²) in [5.41, 5.74) is 7.94. The summed E-state index contributed by atoms with van der Waals surface area (Å²) in [6.07, 6.45) is 15.3. The van der Waals surface area contributed by atoms with Gasteiger partial charge in [0.2, 0.25) is 0 Å². The lowest BCUT2D eigenvalue weighted by Crippen LogP contribution is -2.21. The molecule has 6 nitrogen and oxygen atoms in total. The van der Waals surface area contributed by atoms with E-state index in [1.165, 1.54) is 44.2 Å². The van der Waals surface area contributed by atoms with E-state index in [1.54, 1.807) is 6.07 Å². The Morgan fingerprint density at radius 1 is 1.10 bits per heavy atom. The SMILES string of the molecule is C=C(CC1CCCCC1)Nc1cncc(/C(C)=C/C=c2/[nH]nc(-c3nc4c(-c5cccc(F)c5)cccc4[nH]3)c2=C)c1. The van der Waals surface area contributed by atoms with Gasteiger partial charge in [0.1, 0.15) is 11.5 Å². The van der Waals surface area contributed by atoms with Crippen LogP contribution < -0.4 is 15.9 Å². The topological polar surface area (TPSA) is 82.3 Å². The Morgan fingerprint density at radius 3 is 2.76 bits per heavy atom. The van der Waals surface area contributed by atoms with Crippen LogP contribution >= 0.6 is 0 Å². The standard InChI is InChI=1S/C35H35FN6/c1-22(27-19-29(21-37-20-27)38-23(2)17-25-9-5-4-6-10-25)15-16-31-24(3)33(42-41-31)35-39-32-14-8-13-30(34(32)40-35)26-11-7-12-28(36)18-26/h7-8,11-16,18-21,25,38,41H,2-6,9-10,17H2,1H3,(H,39,40)/b22-15+,31-16+. The maximum Gasteiger partial charge on any atom is 0.159 e. The second kappa shape index (κ2) is 12.0. The van der Waals surface area contributed by atoms with E-state index < -0.39 is 0 Å². The van der Waals surface area contributed by atoms with Crippen molar-refractivity contribution in [3.05, 3.63) is 101 Å². The highest BCUT2D eigenvalue weighted by atomic mass is 19.1. The molecule has 0 unspecified atom stereocenters. The second-order valence-electron chi connectivity index (χ2n) is 11.2. The zero-order valence-electron chi connectivity index (χ0n) is 23.9. The molecule has 6 rings (SSSR count). The Kier molecular flexibility index (Phi) is 7.82. The van der Waals surface area contributed by atoms with Gasteiger partial charge in [-0.25, -0.2) is 9.37 Å². The van der Waals surface area contributed by atoms with Gasteiger partial charge in [0.05, 0.1) is 28.3 Å². The molecule has 1 saturated carbocycles. The fourth-order valence-corrected chi connectivity index (χ4v) is 5.77. The molecule has 3 N–H and O–H groups in total. The van der Waals surface area contributed by atoms with Crippen molar-refractivity contribution >= 4 is 34.9 Å². The molecule has 0 amide bonds. The van der Waals surface area contributed by atoms with Crippen LogP contribution in [0.25, 0.3) is 51.9 Å². The summed E-state index contributed by atoms with van der Waals surface area (Å²) in [7, 11) is 0. The van der Waals surface area contributed by atoms with Gasteiger partial charge in [-0.2, -0.15) is 5.10 Å². The fraction of sp³-hybridized carbons (Fsp3) is 0.229. The summed E-state index contributed by atoms with van der Waals surface area (Å²) >= 11 is 0. The van der Waals surface area contributed by atoms with Crippen molar-refractivity contribution in [1.29, 1.82) is 0 Å². The molecule has 42 heavy (non-hydrogen) atoms. The first-order chi connectivity index (χ1) is 20.4. The van der Waals surface area contributed by atoms with Crippen molar-refractivity contribution in [1.82, 2.24) is 25.1 Å². The smallest absolute Gasteiger partial charge is 0.159 e. The van der Waals surface area contributed by atoms with Crippen LogP contribution in [0.1, 0.15) is 51.0 Å². The van der Waals surface area contributed by atoms with Gasteiger partial charge in [-0.15, -0.1) is 0 Å². The number of halogens is 1. The molecule has 1 fully saturated rings. The number of pyridine rings is 1. The van der Waals surface area contributed by atoms with Crippen LogP contribution in [0.3, 0.4) is 0 Å². The van der Waals surface area contributed by atoms with Gasteiger partial charge in [-0.3, -0.25) is 10.1 Å². The van der Waals surface area contributed by atoms with Crippen molar-refractivity contribution in [3.63, 3.8) is 0 Å². The Bertz CT molecular complexity index is 1890. The molecular formula is C35H35FN6. The average Bonchev–Trinajstić information content (AvgIpc) is 3.59. The first-order valence-electron chi connectivity index (χ1n) is 14.5. The van der Waals surface area contributed by atoms with Crippen LogP contribution in [-0.2, 0) is 0 Å². The summed E-state index contributed by atoms with van der Waals surface area (Å²) < 4.78 is 13.9. The zero-order chi connectivity index (χ0) is 29.1. The van der Waals surface area contributed by atoms with Crippen LogP contribution in [0.5, 0.6) is 0 Å². The predicted octanol–water partition coefficient (Wildman–Crippen LogP) is 7.34. The van der Waals surface area contributed by atoms with E-state index in [9.17, 15) is 4.39 Å². The van der Waals surface area contributed by atoms with Crippen LogP contribution in [0.2, 0.25) is 0 Å². The molecule has 0 spiro atoms. The van der Waals surface area contributed by atoms with Crippen molar-refractivity contribution in [2.75, 3.05) is 5.32 Å². The number of H-pyrrole nitrogens is 2. The molecular weight excluding hydrogens is 523 g/mol. The van der Waals surface area contributed by atoms with E-state index in [0.717, 1.165) is 67.6 Å². The number of allylic oxidation sites excluding steroid dienone is 3. The largest absolute Gasteiger partial charge is 0.358 e. The fourth-order valence-electron chi connectivity index (χ4n) is 5.77. The molecule has 1 aliphatic rings. The maximum atomic E-state index is 13.9. The Balaban J connectivity index is 1.22. The van der Waals surface area contributed by atoms with E-state index in [-0.39, 0.29) is 5.82 Å². The van der Waals surface area contributed by atoms with Crippen LogP contribution in [0.4, 0.5) is 10.1 Å². The average molecular weight is 559 g/mol. The molecule has 3 aromatic heterocycles. The molecule has 0 saturated heterocycles. The summed E-state index contributed by atoms with van der Waals surface area (Å²) in [5.74, 6) is 1.05. The summed E-state index contributed by atoms with van der Waals surface area (Å²) in [6.45, 7) is 10.6. The summed E-state index contributed by atoms with van der Waals surface area (Å²) in [5, 5.41) is 12.6. The van der Waals surface area contributed by atoms with Gasteiger partial charge >= 0.3 is 0 Å². The minimum absolute atomic E-state index is 0.282. The van der Waals surface area contributed by atoms with Crippen molar-refractivity contribution in [3.8, 4) is 22.6 Å². The quantitative estimate of drug-likeness (QED) is 0.186. The molecule has 3 heterocycles. The highest BCUT2D eigenvalue weighted by Crippen LogP contribution is 2.30. The second-order valence-corrected chi connectivity index (χ2v) is 11.2. The first kappa shape index (κ1) is 27.4. The minimum Gasteiger partial charge on any atom is -0.358 e. The molecule has 1 aliphatic carbocycles. The number of anilines is 1. The minimum atomic E-state index is -0.282. The van der Waals surface area contributed by atoms with E-state index in [2.05, 4.69) is 51.6 Å². The number of aromatic amines is 2. The third kappa shape index (κ3) is 5.96. The normalized spacial score (nSPS) is 14.9. The lowest BCUT2D eigenvalue weighted by molar-refractivity contribution is 0.357. The number of rotatable bonds is 8. The first-order valence-corrected chi connectivity index (χ1v) is 14.5. The highest BCUT2D eigenvalue weighted by molar-refractivity contribution is 5.93. The van der Waals surface area contributed by atoms with Gasteiger partial charge in [0.25, 0.3) is 0 Å². The summed E-state index contributed by atoms with van der Waals surface area (Å²) in [4.78, 5) is 12.6. The molecule has 0 bridgehead atoms. The predicted molar refractivity (Wildman–Crippen MR) is 170 cm³/mol. The van der Waals surface area contributed by atoms with Crippen molar-refractivity contribution in [2.45, 2.75) is 45.4 Å². The zero-order valence-corrected chi connectivity index (χ0v) is 23.9. The number of imidazole rings is 1. The number of para-hydroxylation sites is 1. The van der Waals surface area contributed by atoms with E-state index >= 15 is 0 Å². The third-order valence-corrected chi connectivity index (χ3v) is 8.05.